The van der Waals surface area contributed by atoms with Crippen molar-refractivity contribution in [1.82, 2.24) is 41.9 Å². The molecule has 132 heavy (non-hydrogen) atoms. The number of aliphatic hydroxyl groups excluding tert-OH is 1. The van der Waals surface area contributed by atoms with Crippen molar-refractivity contribution < 1.29 is 186 Å². The van der Waals surface area contributed by atoms with E-state index >= 15 is 0 Å². The smallest absolute Gasteiger partial charge is 0.303 e. The molecular weight excluding hydrogens is 1780 g/mol. The molecule has 752 valence electrons. The molecule has 3 aliphatic heterocycles. The Morgan fingerprint density at radius 3 is 1.05 bits per heavy atom. The Bertz CT molecular complexity index is 3520. The molecule has 17 unspecified atom stereocenters. The van der Waals surface area contributed by atoms with Gasteiger partial charge in [0.15, 0.2) is 55.7 Å². The van der Waals surface area contributed by atoms with Crippen LogP contribution in [0.3, 0.4) is 0 Å². The molecule has 3 saturated heterocycles. The summed E-state index contributed by atoms with van der Waals surface area (Å²) in [6, 6.07) is -1.48. The zero-order valence-corrected chi connectivity index (χ0v) is 79.0. The molecule has 0 aromatic carbocycles. The summed E-state index contributed by atoms with van der Waals surface area (Å²) in [7, 11) is -1.61. The van der Waals surface area contributed by atoms with Crippen molar-refractivity contribution in [2.45, 2.75) is 284 Å². The fraction of sp³-hybridized carbons (Fsp3) is 0.807. The summed E-state index contributed by atoms with van der Waals surface area (Å²) in [6.07, 6.45) is -16.3. The molecular formula is C83H136N9O39P. The highest BCUT2D eigenvalue weighted by Gasteiger charge is 2.55. The third-order valence-electron chi connectivity index (χ3n) is 19.4. The number of ether oxygens (including phenoxy) is 21. The van der Waals surface area contributed by atoms with Gasteiger partial charge in [-0.05, 0) is 60.3 Å². The Balaban J connectivity index is 1.52. The molecule has 4 fully saturated rings. The van der Waals surface area contributed by atoms with E-state index in [-0.39, 0.29) is 169 Å². The number of nitriles is 1. The van der Waals surface area contributed by atoms with Crippen molar-refractivity contribution in [3.8, 4) is 6.07 Å². The van der Waals surface area contributed by atoms with Crippen LogP contribution in [0.15, 0.2) is 0 Å². The number of hydrogen-bond acceptors (Lipinski definition) is 41. The summed E-state index contributed by atoms with van der Waals surface area (Å²) in [4.78, 5) is 189. The molecule has 49 heteroatoms. The standard InChI is InChI=1S/C83H136N9O39P/c1-48(2)92(49(3)4)132(121-29-17-25-84)131-63-20-18-62(19-21-63)79(108)91-83(45-112-30-22-67(105)85-26-33-109-36-39-115-80-70(88-50(5)93)76(125-59(14)102)73(122-56(11)99)64(128-80)42-118-53(8)96,46-113-31-23-68(106)86-27-34-110-37-40-116-81-71(89-51(6)94)77(126-60(15)103)74(123-57(12)100)65(129-81)43-119-54(9)97)47-114-32-24-69(107)87-28-35-111-38-41-117-82-72(90-52(7)95)78(127-61(16)104)75(124-58(13)101)66(130-82)44-120-55(10)98/h48-49,59,62-66,70-78,80-82,102H,17-24,26-47H2,1-16H3,(H,85,105)(H,86,106)(H,87,107)(H,88,93)(H,89,94)(H,90,95)(H,91,108). The summed E-state index contributed by atoms with van der Waals surface area (Å²) in [6.45, 7) is 17.9. The first kappa shape index (κ1) is 116. The van der Waals surface area contributed by atoms with Gasteiger partial charge in [-0.1, -0.05) is 0 Å². The van der Waals surface area contributed by atoms with E-state index in [0.29, 0.717) is 25.7 Å². The summed E-state index contributed by atoms with van der Waals surface area (Å²) in [5.41, 5.74) is -1.59. The summed E-state index contributed by atoms with van der Waals surface area (Å²) in [5, 5.41) is 38.8. The van der Waals surface area contributed by atoms with Gasteiger partial charge in [0.1, 0.15) is 67.9 Å². The highest BCUT2D eigenvalue weighted by Crippen LogP contribution is 2.49. The van der Waals surface area contributed by atoms with E-state index in [9.17, 15) is 82.3 Å². The van der Waals surface area contributed by atoms with Crippen molar-refractivity contribution >= 4 is 97.6 Å². The van der Waals surface area contributed by atoms with Gasteiger partial charge in [0.2, 0.25) is 41.4 Å². The van der Waals surface area contributed by atoms with Crippen molar-refractivity contribution in [2.24, 2.45) is 5.92 Å². The second-order valence-electron chi connectivity index (χ2n) is 31.6. The molecule has 1 aliphatic carbocycles. The minimum absolute atomic E-state index is 0.00743. The van der Waals surface area contributed by atoms with Gasteiger partial charge in [0.25, 0.3) is 8.53 Å². The fourth-order valence-electron chi connectivity index (χ4n) is 14.1. The second kappa shape index (κ2) is 62.8. The average molecular weight is 1910 g/mol. The molecule has 1 saturated carbocycles. The third kappa shape index (κ3) is 45.5. The van der Waals surface area contributed by atoms with Crippen LogP contribution in [0.25, 0.3) is 0 Å². The van der Waals surface area contributed by atoms with Crippen LogP contribution in [0.1, 0.15) is 162 Å². The number of amides is 7. The number of aliphatic hydroxyl groups is 1. The van der Waals surface area contributed by atoms with E-state index in [1.807, 2.05) is 27.7 Å². The molecule has 17 atom stereocenters. The molecule has 8 N–H and O–H groups in total. The monoisotopic (exact) mass is 1910 g/mol. The molecule has 4 aliphatic rings. The minimum Gasteiger partial charge on any atom is -0.463 e. The first-order valence-electron chi connectivity index (χ1n) is 43.7. The first-order chi connectivity index (χ1) is 62.6. The number of esters is 8. The SMILES string of the molecule is CC(=O)NC1C(OCCOCCNC(=O)CCOCC(COCCC(=O)NCCOCCOC2OC(COC(C)=O)C(OC(C)=O)C(OC(C)=O)C2NC(C)=O)(COCCC(=O)NCCOCCOC2OC(COC(C)=O)C(OC(C)=O)C(OC(C)O)C2NC(C)=O)NC(=O)C2CCC(OP(OCCC#N)N(C(C)C)C(C)C)CC2)OC(COC(C)=O)C(OC(C)=O)C1OC(C)=O. The maximum Gasteiger partial charge on any atom is 0.303 e. The van der Waals surface area contributed by atoms with Gasteiger partial charge in [0, 0.05) is 133 Å². The van der Waals surface area contributed by atoms with E-state index in [1.165, 1.54) is 27.7 Å². The molecule has 3 heterocycles. The largest absolute Gasteiger partial charge is 0.463 e. The van der Waals surface area contributed by atoms with E-state index < -0.39 is 227 Å². The molecule has 0 spiro atoms. The van der Waals surface area contributed by atoms with Crippen molar-refractivity contribution in [3.63, 3.8) is 0 Å². The first-order valence-corrected chi connectivity index (χ1v) is 44.8. The summed E-state index contributed by atoms with van der Waals surface area (Å²) >= 11 is 0. The highest BCUT2D eigenvalue weighted by atomic mass is 31.2. The zero-order chi connectivity index (χ0) is 98.0. The quantitative estimate of drug-likeness (QED) is 0.0120. The minimum atomic E-state index is -1.61. The number of hydrogen-bond donors (Lipinski definition) is 8. The van der Waals surface area contributed by atoms with Gasteiger partial charge < -0.3 is 151 Å². The van der Waals surface area contributed by atoms with Crippen molar-refractivity contribution in [2.75, 3.05) is 145 Å². The van der Waals surface area contributed by atoms with Crippen LogP contribution in [0.4, 0.5) is 0 Å². The van der Waals surface area contributed by atoms with Gasteiger partial charge in [-0.25, -0.2) is 4.67 Å². The maximum absolute atomic E-state index is 14.9. The number of carbonyl (C=O) groups excluding carboxylic acids is 15. The number of nitrogens with zero attached hydrogens (tertiary/aromatic N) is 2. The molecule has 7 amide bonds. The van der Waals surface area contributed by atoms with E-state index in [4.69, 9.17) is 109 Å². The predicted octanol–water partition coefficient (Wildman–Crippen LogP) is -0.879. The van der Waals surface area contributed by atoms with Crippen LogP contribution in [0.5, 0.6) is 0 Å². The zero-order valence-electron chi connectivity index (χ0n) is 78.1. The van der Waals surface area contributed by atoms with Gasteiger partial charge in [-0.3, -0.25) is 71.9 Å². The van der Waals surface area contributed by atoms with E-state index in [0.717, 1.165) is 55.4 Å². The van der Waals surface area contributed by atoms with Crippen LogP contribution >= 0.6 is 8.53 Å². The molecule has 0 aromatic rings. The van der Waals surface area contributed by atoms with Gasteiger partial charge in [-0.2, -0.15) is 5.26 Å². The Morgan fingerprint density at radius 2 is 0.742 bits per heavy atom. The van der Waals surface area contributed by atoms with Crippen LogP contribution in [-0.4, -0.2) is 366 Å². The third-order valence-corrected chi connectivity index (χ3v) is 21.6. The lowest BCUT2D eigenvalue weighted by atomic mass is 9.86. The summed E-state index contributed by atoms with van der Waals surface area (Å²) < 4.78 is 135. The number of rotatable bonds is 62. The molecule has 0 aromatic heterocycles. The number of carbonyl (C=O) groups is 15. The summed E-state index contributed by atoms with van der Waals surface area (Å²) in [5.74, 6) is -10.2. The van der Waals surface area contributed by atoms with Crippen molar-refractivity contribution in [3.05, 3.63) is 0 Å². The number of nitrogens with one attached hydrogen (secondary N) is 7. The topological polar surface area (TPSA) is 600 Å². The molecule has 48 nitrogen and oxygen atoms in total. The van der Waals surface area contributed by atoms with Crippen LogP contribution in [0, 0.1) is 17.2 Å². The molecule has 0 radical (unpaired) electrons. The van der Waals surface area contributed by atoms with Crippen LogP contribution < -0.4 is 37.2 Å². The lowest BCUT2D eigenvalue weighted by Gasteiger charge is -2.45. The van der Waals surface area contributed by atoms with Crippen LogP contribution in [0.2, 0.25) is 0 Å². The Hall–Kier alpha value is -8.71. The lowest BCUT2D eigenvalue weighted by molar-refractivity contribution is -0.297. The van der Waals surface area contributed by atoms with E-state index in [2.05, 4.69) is 48.0 Å². The Kier molecular flexibility index (Phi) is 55.0. The molecule has 0 bridgehead atoms. The van der Waals surface area contributed by atoms with Gasteiger partial charge in [-0.15, -0.1) is 0 Å². The molecule has 4 rings (SSSR count). The van der Waals surface area contributed by atoms with Gasteiger partial charge >= 0.3 is 47.8 Å². The van der Waals surface area contributed by atoms with Crippen molar-refractivity contribution in [1.29, 1.82) is 5.26 Å². The second-order valence-corrected chi connectivity index (χ2v) is 33.0. The van der Waals surface area contributed by atoms with E-state index in [1.54, 1.807) is 0 Å². The predicted molar refractivity (Wildman–Crippen MR) is 452 cm³/mol. The van der Waals surface area contributed by atoms with Gasteiger partial charge in [0.05, 0.1) is 124 Å². The Labute approximate surface area is 768 Å². The fourth-order valence-corrected chi connectivity index (χ4v) is 15.9. The average Bonchev–Trinajstić information content (AvgIpc) is 0.793. The van der Waals surface area contributed by atoms with Crippen LogP contribution in [-0.2, 0) is 180 Å². The Morgan fingerprint density at radius 1 is 0.417 bits per heavy atom. The normalized spacial score (nSPS) is 24.4. The maximum atomic E-state index is 14.9. The lowest BCUT2D eigenvalue weighted by Crippen LogP contribution is -2.66. The highest BCUT2D eigenvalue weighted by molar-refractivity contribution is 7.44.